The van der Waals surface area contributed by atoms with Gasteiger partial charge in [0.2, 0.25) is 0 Å². The molecular formula is C10H12N2O2S. The molecule has 80 valence electrons. The van der Waals surface area contributed by atoms with Gasteiger partial charge in [0.25, 0.3) is 5.69 Å². The molecule has 2 rings (SSSR count). The molecule has 1 aromatic carbocycles. The lowest BCUT2D eigenvalue weighted by atomic mass is 10.1. The van der Waals surface area contributed by atoms with E-state index < -0.39 is 0 Å². The van der Waals surface area contributed by atoms with Gasteiger partial charge in [-0.25, -0.2) is 0 Å². The van der Waals surface area contributed by atoms with Crippen LogP contribution in [0.15, 0.2) is 24.3 Å². The first-order valence-electron chi connectivity index (χ1n) is 4.79. The molecule has 0 aromatic heterocycles. The third-order valence-corrected chi connectivity index (χ3v) is 3.78. The Labute approximate surface area is 92.2 Å². The van der Waals surface area contributed by atoms with Crippen molar-refractivity contribution in [1.82, 2.24) is 5.32 Å². The van der Waals surface area contributed by atoms with Crippen LogP contribution < -0.4 is 5.32 Å². The summed E-state index contributed by atoms with van der Waals surface area (Å²) in [6.07, 6.45) is 0. The fourth-order valence-corrected chi connectivity index (χ4v) is 2.94. The second kappa shape index (κ2) is 4.20. The fourth-order valence-electron chi connectivity index (χ4n) is 1.65. The van der Waals surface area contributed by atoms with E-state index in [1.54, 1.807) is 23.9 Å². The summed E-state index contributed by atoms with van der Waals surface area (Å²) in [5.74, 6) is 0.997. The number of rotatable bonds is 2. The zero-order valence-corrected chi connectivity index (χ0v) is 9.16. The Morgan fingerprint density at radius 1 is 1.53 bits per heavy atom. The van der Waals surface area contributed by atoms with Crippen molar-refractivity contribution in [3.63, 3.8) is 0 Å². The van der Waals surface area contributed by atoms with Crippen molar-refractivity contribution in [2.24, 2.45) is 0 Å². The van der Waals surface area contributed by atoms with Crippen LogP contribution in [-0.4, -0.2) is 16.7 Å². The number of nitro groups is 1. The molecule has 4 nitrogen and oxygen atoms in total. The van der Waals surface area contributed by atoms with Gasteiger partial charge in [-0.3, -0.25) is 15.4 Å². The molecule has 0 bridgehead atoms. The summed E-state index contributed by atoms with van der Waals surface area (Å²) in [6, 6.07) is 7.33. The first-order valence-corrected chi connectivity index (χ1v) is 5.84. The third-order valence-electron chi connectivity index (χ3n) is 2.36. The Hall–Kier alpha value is -1.07. The smallest absolute Gasteiger partial charge is 0.275 e. The molecule has 0 spiro atoms. The van der Waals surface area contributed by atoms with Gasteiger partial charge >= 0.3 is 0 Å². The highest BCUT2D eigenvalue weighted by Gasteiger charge is 2.27. The maximum absolute atomic E-state index is 10.8. The molecule has 0 saturated carbocycles. The normalized spacial score (nSPS) is 25.4. The van der Waals surface area contributed by atoms with Crippen LogP contribution >= 0.6 is 11.8 Å². The molecule has 2 atom stereocenters. The second-order valence-electron chi connectivity index (χ2n) is 3.60. The zero-order chi connectivity index (χ0) is 10.8. The van der Waals surface area contributed by atoms with Crippen LogP contribution in [-0.2, 0) is 0 Å². The summed E-state index contributed by atoms with van der Waals surface area (Å²) >= 11 is 1.72. The first-order chi connectivity index (χ1) is 7.18. The van der Waals surface area contributed by atoms with Crippen molar-refractivity contribution >= 4 is 17.4 Å². The van der Waals surface area contributed by atoms with Crippen molar-refractivity contribution < 1.29 is 4.92 Å². The van der Waals surface area contributed by atoms with Crippen LogP contribution in [0.25, 0.3) is 0 Å². The fraction of sp³-hybridized carbons (Fsp3) is 0.400. The van der Waals surface area contributed by atoms with E-state index in [1.807, 2.05) is 12.1 Å². The van der Waals surface area contributed by atoms with E-state index in [1.165, 1.54) is 0 Å². The number of nitrogens with zero attached hydrogens (tertiary/aromatic N) is 1. The van der Waals surface area contributed by atoms with Crippen molar-refractivity contribution in [2.75, 3.05) is 5.75 Å². The number of thioether (sulfide) groups is 1. The van der Waals surface area contributed by atoms with Crippen LogP contribution in [0.3, 0.4) is 0 Å². The maximum Gasteiger partial charge on any atom is 0.275 e. The van der Waals surface area contributed by atoms with E-state index in [0.29, 0.717) is 6.04 Å². The Kier molecular flexibility index (Phi) is 2.93. The molecule has 1 fully saturated rings. The largest absolute Gasteiger partial charge is 0.298 e. The van der Waals surface area contributed by atoms with E-state index >= 15 is 0 Å². The quantitative estimate of drug-likeness (QED) is 0.618. The van der Waals surface area contributed by atoms with E-state index in [2.05, 4.69) is 12.2 Å². The van der Waals surface area contributed by atoms with Gasteiger partial charge in [-0.2, -0.15) is 0 Å². The van der Waals surface area contributed by atoms with Crippen molar-refractivity contribution in [2.45, 2.75) is 18.3 Å². The SMILES string of the molecule is CC1CSC(c2ccccc2[N+](=O)[O-])N1. The molecule has 0 aliphatic carbocycles. The highest BCUT2D eigenvalue weighted by atomic mass is 32.2. The topological polar surface area (TPSA) is 55.2 Å². The number of nitrogens with one attached hydrogen (secondary N) is 1. The standard InChI is InChI=1S/C10H12N2O2S/c1-7-6-15-10(11-7)8-4-2-3-5-9(8)12(13)14/h2-5,7,10-11H,6H2,1H3. The minimum Gasteiger partial charge on any atom is -0.298 e. The molecule has 1 saturated heterocycles. The molecule has 0 radical (unpaired) electrons. The lowest BCUT2D eigenvalue weighted by Gasteiger charge is -2.10. The molecule has 15 heavy (non-hydrogen) atoms. The predicted octanol–water partition coefficient (Wildman–Crippen LogP) is 2.32. The van der Waals surface area contributed by atoms with Gasteiger partial charge in [0.15, 0.2) is 0 Å². The van der Waals surface area contributed by atoms with Gasteiger partial charge < -0.3 is 0 Å². The first kappa shape index (κ1) is 10.4. The highest BCUT2D eigenvalue weighted by molar-refractivity contribution is 7.99. The summed E-state index contributed by atoms with van der Waals surface area (Å²) in [5, 5.41) is 14.2. The summed E-state index contributed by atoms with van der Waals surface area (Å²) in [6.45, 7) is 2.09. The number of benzene rings is 1. The molecule has 1 N–H and O–H groups in total. The summed E-state index contributed by atoms with van der Waals surface area (Å²) in [5.41, 5.74) is 0.980. The number of para-hydroxylation sites is 1. The predicted molar refractivity (Wildman–Crippen MR) is 60.9 cm³/mol. The second-order valence-corrected chi connectivity index (χ2v) is 4.74. The Morgan fingerprint density at radius 2 is 2.27 bits per heavy atom. The third kappa shape index (κ3) is 2.13. The van der Waals surface area contributed by atoms with Crippen molar-refractivity contribution in [1.29, 1.82) is 0 Å². The molecule has 1 aliphatic heterocycles. The Morgan fingerprint density at radius 3 is 2.87 bits per heavy atom. The van der Waals surface area contributed by atoms with Crippen LogP contribution in [0, 0.1) is 10.1 Å². The molecule has 1 aromatic rings. The summed E-state index contributed by atoms with van der Waals surface area (Å²) in [7, 11) is 0. The molecule has 5 heteroatoms. The van der Waals surface area contributed by atoms with Gasteiger partial charge in [0.05, 0.1) is 15.9 Å². The van der Waals surface area contributed by atoms with Crippen molar-refractivity contribution in [3.8, 4) is 0 Å². The average molecular weight is 224 g/mol. The highest BCUT2D eigenvalue weighted by Crippen LogP contribution is 2.36. The van der Waals surface area contributed by atoms with Gasteiger partial charge in [0.1, 0.15) is 0 Å². The minimum absolute atomic E-state index is 0.0570. The summed E-state index contributed by atoms with van der Waals surface area (Å²) < 4.78 is 0. The number of nitro benzene ring substituents is 1. The lowest BCUT2D eigenvalue weighted by Crippen LogP contribution is -2.22. The van der Waals surface area contributed by atoms with E-state index in [9.17, 15) is 10.1 Å². The van der Waals surface area contributed by atoms with E-state index in [0.717, 1.165) is 11.3 Å². The van der Waals surface area contributed by atoms with E-state index in [-0.39, 0.29) is 16.0 Å². The van der Waals surface area contributed by atoms with Gasteiger partial charge in [-0.15, -0.1) is 11.8 Å². The number of hydrogen-bond donors (Lipinski definition) is 1. The monoisotopic (exact) mass is 224 g/mol. The Bertz CT molecular complexity index is 383. The zero-order valence-electron chi connectivity index (χ0n) is 8.34. The molecular weight excluding hydrogens is 212 g/mol. The van der Waals surface area contributed by atoms with Crippen molar-refractivity contribution in [3.05, 3.63) is 39.9 Å². The average Bonchev–Trinajstić information content (AvgIpc) is 2.65. The molecule has 0 amide bonds. The summed E-state index contributed by atoms with van der Waals surface area (Å²) in [4.78, 5) is 10.5. The minimum atomic E-state index is -0.319. The van der Waals surface area contributed by atoms with Gasteiger partial charge in [0, 0.05) is 17.9 Å². The number of hydrogen-bond acceptors (Lipinski definition) is 4. The van der Waals surface area contributed by atoms with Gasteiger partial charge in [-0.05, 0) is 13.0 Å². The van der Waals surface area contributed by atoms with E-state index in [4.69, 9.17) is 0 Å². The van der Waals surface area contributed by atoms with Crippen LogP contribution in [0.5, 0.6) is 0 Å². The van der Waals surface area contributed by atoms with Crippen LogP contribution in [0.2, 0.25) is 0 Å². The molecule has 1 heterocycles. The van der Waals surface area contributed by atoms with Crippen LogP contribution in [0.1, 0.15) is 17.9 Å². The maximum atomic E-state index is 10.8. The van der Waals surface area contributed by atoms with Gasteiger partial charge in [-0.1, -0.05) is 12.1 Å². The molecule has 2 unspecified atom stereocenters. The molecule has 1 aliphatic rings. The Balaban J connectivity index is 2.31. The van der Waals surface area contributed by atoms with Crippen LogP contribution in [0.4, 0.5) is 5.69 Å². The lowest BCUT2D eigenvalue weighted by molar-refractivity contribution is -0.385.